The van der Waals surface area contributed by atoms with Gasteiger partial charge in [-0.2, -0.15) is 5.26 Å². The van der Waals surface area contributed by atoms with Gasteiger partial charge < -0.3 is 0 Å². The molecule has 3 aromatic rings. The van der Waals surface area contributed by atoms with E-state index < -0.39 is 0 Å². The van der Waals surface area contributed by atoms with Crippen LogP contribution in [0.1, 0.15) is 25.1 Å². The molecule has 0 aliphatic heterocycles. The number of rotatable bonds is 4. The van der Waals surface area contributed by atoms with Gasteiger partial charge in [-0.3, -0.25) is 4.98 Å². The molecule has 0 saturated carbocycles. The third-order valence-corrected chi connectivity index (χ3v) is 3.96. The van der Waals surface area contributed by atoms with Gasteiger partial charge in [0.2, 0.25) is 0 Å². The van der Waals surface area contributed by atoms with Crippen LogP contribution < -0.4 is 0 Å². The molecule has 24 heavy (non-hydrogen) atoms. The molecular weight excluding hydrogens is 292 g/mol. The Bertz CT molecular complexity index is 860. The molecule has 0 N–H and O–H groups in total. The lowest BCUT2D eigenvalue weighted by Gasteiger charge is -2.14. The third kappa shape index (κ3) is 3.36. The van der Waals surface area contributed by atoms with Crippen LogP contribution in [0, 0.1) is 17.2 Å². The number of hydrogen-bond donors (Lipinski definition) is 0. The maximum Gasteiger partial charge on any atom is 0.102 e. The molecule has 0 aliphatic rings. The van der Waals surface area contributed by atoms with Crippen molar-refractivity contribution in [2.24, 2.45) is 5.92 Å². The number of nitrogens with zero attached hydrogens (tertiary/aromatic N) is 2. The van der Waals surface area contributed by atoms with E-state index in [1.54, 1.807) is 0 Å². The highest BCUT2D eigenvalue weighted by atomic mass is 14.7. The first-order valence-corrected chi connectivity index (χ1v) is 8.24. The van der Waals surface area contributed by atoms with Crippen LogP contribution in [0.2, 0.25) is 0 Å². The Kier molecular flexibility index (Phi) is 4.72. The van der Waals surface area contributed by atoms with E-state index in [1.165, 1.54) is 0 Å². The fourth-order valence-corrected chi connectivity index (χ4v) is 2.86. The highest BCUT2D eigenvalue weighted by Gasteiger charge is 2.15. The van der Waals surface area contributed by atoms with E-state index >= 15 is 0 Å². The SMILES string of the molecule is CC(C)Cc1nc(-c2ccccc2)cc(-c2ccccc2)c1C#N. The molecule has 0 radical (unpaired) electrons. The van der Waals surface area contributed by atoms with Crippen molar-refractivity contribution in [3.63, 3.8) is 0 Å². The Balaban J connectivity index is 2.25. The second-order valence-corrected chi connectivity index (χ2v) is 6.32. The predicted octanol–water partition coefficient (Wildman–Crippen LogP) is 5.49. The number of nitriles is 1. The largest absolute Gasteiger partial charge is 0.251 e. The monoisotopic (exact) mass is 312 g/mol. The van der Waals surface area contributed by atoms with Crippen LogP contribution in [0.15, 0.2) is 66.7 Å². The van der Waals surface area contributed by atoms with Crippen molar-refractivity contribution in [3.05, 3.63) is 78.0 Å². The summed E-state index contributed by atoms with van der Waals surface area (Å²) < 4.78 is 0. The van der Waals surface area contributed by atoms with Crippen molar-refractivity contribution in [1.82, 2.24) is 4.98 Å². The normalized spacial score (nSPS) is 10.6. The van der Waals surface area contributed by atoms with Crippen LogP contribution in [0.5, 0.6) is 0 Å². The topological polar surface area (TPSA) is 36.7 Å². The molecule has 0 amide bonds. The summed E-state index contributed by atoms with van der Waals surface area (Å²) >= 11 is 0. The molecule has 0 aliphatic carbocycles. The Morgan fingerprint density at radius 1 is 0.917 bits per heavy atom. The molecule has 118 valence electrons. The number of benzene rings is 2. The Morgan fingerprint density at radius 3 is 2.04 bits per heavy atom. The van der Waals surface area contributed by atoms with Crippen molar-refractivity contribution in [2.75, 3.05) is 0 Å². The highest BCUT2D eigenvalue weighted by Crippen LogP contribution is 2.30. The number of hydrogen-bond acceptors (Lipinski definition) is 2. The quantitative estimate of drug-likeness (QED) is 0.639. The van der Waals surface area contributed by atoms with Crippen LogP contribution in [0.3, 0.4) is 0 Å². The average Bonchev–Trinajstić information content (AvgIpc) is 2.62. The maximum atomic E-state index is 9.74. The lowest BCUT2D eigenvalue weighted by Crippen LogP contribution is -2.04. The van der Waals surface area contributed by atoms with Gasteiger partial charge in [0.25, 0.3) is 0 Å². The smallest absolute Gasteiger partial charge is 0.102 e. The fraction of sp³-hybridized carbons (Fsp3) is 0.182. The lowest BCUT2D eigenvalue weighted by molar-refractivity contribution is 0.635. The molecule has 1 heterocycles. The molecule has 0 atom stereocenters. The molecule has 2 aromatic carbocycles. The summed E-state index contributed by atoms with van der Waals surface area (Å²) in [5.74, 6) is 0.444. The summed E-state index contributed by atoms with van der Waals surface area (Å²) in [6.45, 7) is 4.31. The molecule has 2 heteroatoms. The Labute approximate surface area is 143 Å². The highest BCUT2D eigenvalue weighted by molar-refractivity contribution is 5.76. The molecule has 0 bridgehead atoms. The van der Waals surface area contributed by atoms with E-state index in [2.05, 4.69) is 32.0 Å². The number of pyridine rings is 1. The van der Waals surface area contributed by atoms with Crippen LogP contribution in [-0.4, -0.2) is 4.98 Å². The van der Waals surface area contributed by atoms with E-state index in [4.69, 9.17) is 4.98 Å². The van der Waals surface area contributed by atoms with Gasteiger partial charge in [-0.1, -0.05) is 74.5 Å². The summed E-state index contributed by atoms with van der Waals surface area (Å²) in [5, 5.41) is 9.74. The molecule has 0 saturated heterocycles. The molecule has 1 aromatic heterocycles. The second kappa shape index (κ2) is 7.10. The van der Waals surface area contributed by atoms with Crippen LogP contribution in [0.4, 0.5) is 0 Å². The minimum Gasteiger partial charge on any atom is -0.251 e. The Hall–Kier alpha value is -2.92. The van der Waals surface area contributed by atoms with Gasteiger partial charge in [0.1, 0.15) is 6.07 Å². The van der Waals surface area contributed by atoms with Crippen molar-refractivity contribution in [1.29, 1.82) is 5.26 Å². The van der Waals surface area contributed by atoms with Crippen LogP contribution in [0.25, 0.3) is 22.4 Å². The van der Waals surface area contributed by atoms with Gasteiger partial charge in [0.05, 0.1) is 17.0 Å². The van der Waals surface area contributed by atoms with E-state index in [0.717, 1.165) is 34.5 Å². The van der Waals surface area contributed by atoms with Crippen LogP contribution in [-0.2, 0) is 6.42 Å². The van der Waals surface area contributed by atoms with Crippen LogP contribution >= 0.6 is 0 Å². The molecule has 0 unspecified atom stereocenters. The molecule has 3 rings (SSSR count). The summed E-state index contributed by atoms with van der Waals surface area (Å²) in [6, 6.07) is 24.6. The summed E-state index contributed by atoms with van der Waals surface area (Å²) in [7, 11) is 0. The van der Waals surface area contributed by atoms with Crippen molar-refractivity contribution < 1.29 is 0 Å². The standard InChI is InChI=1S/C22H20N2/c1-16(2)13-22-20(15-23)19(17-9-5-3-6-10-17)14-21(24-22)18-11-7-4-8-12-18/h3-12,14,16H,13H2,1-2H3. The third-order valence-electron chi connectivity index (χ3n) is 3.96. The minimum atomic E-state index is 0.444. The van der Waals surface area contributed by atoms with Gasteiger partial charge >= 0.3 is 0 Å². The van der Waals surface area contributed by atoms with Crippen molar-refractivity contribution in [2.45, 2.75) is 20.3 Å². The van der Waals surface area contributed by atoms with E-state index in [9.17, 15) is 5.26 Å². The summed E-state index contributed by atoms with van der Waals surface area (Å²) in [6.07, 6.45) is 0.795. The zero-order valence-corrected chi connectivity index (χ0v) is 14.0. The first-order chi connectivity index (χ1) is 11.7. The number of aromatic nitrogens is 1. The first kappa shape index (κ1) is 16.0. The zero-order chi connectivity index (χ0) is 16.9. The minimum absolute atomic E-state index is 0.444. The van der Waals surface area contributed by atoms with Gasteiger partial charge in [0.15, 0.2) is 0 Å². The zero-order valence-electron chi connectivity index (χ0n) is 14.0. The predicted molar refractivity (Wildman–Crippen MR) is 98.4 cm³/mol. The Morgan fingerprint density at radius 2 is 1.50 bits per heavy atom. The lowest BCUT2D eigenvalue weighted by atomic mass is 9.94. The summed E-state index contributed by atoms with van der Waals surface area (Å²) in [4.78, 5) is 4.82. The summed E-state index contributed by atoms with van der Waals surface area (Å²) in [5.41, 5.74) is 5.58. The fourth-order valence-electron chi connectivity index (χ4n) is 2.86. The molecule has 0 spiro atoms. The first-order valence-electron chi connectivity index (χ1n) is 8.24. The van der Waals surface area contributed by atoms with Gasteiger partial charge in [-0.25, -0.2) is 0 Å². The van der Waals surface area contributed by atoms with Crippen molar-refractivity contribution >= 4 is 0 Å². The van der Waals surface area contributed by atoms with Gasteiger partial charge in [-0.05, 0) is 24.0 Å². The van der Waals surface area contributed by atoms with E-state index in [1.807, 2.05) is 54.6 Å². The molecule has 2 nitrogen and oxygen atoms in total. The van der Waals surface area contributed by atoms with E-state index in [0.29, 0.717) is 11.5 Å². The van der Waals surface area contributed by atoms with E-state index in [-0.39, 0.29) is 0 Å². The second-order valence-electron chi connectivity index (χ2n) is 6.32. The van der Waals surface area contributed by atoms with Gasteiger partial charge in [0, 0.05) is 11.1 Å². The van der Waals surface area contributed by atoms with Gasteiger partial charge in [-0.15, -0.1) is 0 Å². The molecule has 0 fully saturated rings. The molecular formula is C22H20N2. The maximum absolute atomic E-state index is 9.74. The van der Waals surface area contributed by atoms with Crippen molar-refractivity contribution in [3.8, 4) is 28.5 Å². The average molecular weight is 312 g/mol.